The van der Waals surface area contributed by atoms with Crippen molar-refractivity contribution in [3.63, 3.8) is 0 Å². The summed E-state index contributed by atoms with van der Waals surface area (Å²) in [6.07, 6.45) is 3.19. The third kappa shape index (κ3) is 3.25. The van der Waals surface area contributed by atoms with Gasteiger partial charge in [0, 0.05) is 6.54 Å². The van der Waals surface area contributed by atoms with Crippen molar-refractivity contribution in [2.45, 2.75) is 45.6 Å². The van der Waals surface area contributed by atoms with Crippen molar-refractivity contribution in [3.8, 4) is 0 Å². The van der Waals surface area contributed by atoms with Gasteiger partial charge >= 0.3 is 6.03 Å². The number of imide groups is 1. The molecule has 1 unspecified atom stereocenters. The molecule has 1 aliphatic heterocycles. The predicted octanol–water partition coefficient (Wildman–Crippen LogP) is 1.71. The van der Waals surface area contributed by atoms with Crippen LogP contribution in [0, 0.1) is 5.92 Å². The second-order valence-electron chi connectivity index (χ2n) is 7.48. The second-order valence-corrected chi connectivity index (χ2v) is 7.48. The molecule has 134 valence electrons. The fourth-order valence-corrected chi connectivity index (χ4v) is 3.44. The fourth-order valence-electron chi connectivity index (χ4n) is 3.44. The zero-order valence-electron chi connectivity index (χ0n) is 15.0. The molecule has 0 bridgehead atoms. The Morgan fingerprint density at radius 1 is 1.28 bits per heavy atom. The standard InChI is InChI=1S/C19H25N3O3/c1-12(2)10-20-16(23)11-22-17(24)19(3,21-18(22)25)15-8-7-13-5-4-6-14(13)9-15/h7-9,12H,4-6,10-11H2,1-3H3,(H,20,23)(H,21,25). The molecule has 0 radical (unpaired) electrons. The third-order valence-electron chi connectivity index (χ3n) is 4.96. The lowest BCUT2D eigenvalue weighted by Gasteiger charge is -2.23. The smallest absolute Gasteiger partial charge is 0.325 e. The zero-order chi connectivity index (χ0) is 18.2. The van der Waals surface area contributed by atoms with E-state index in [1.165, 1.54) is 11.1 Å². The number of hydrogen-bond acceptors (Lipinski definition) is 3. The van der Waals surface area contributed by atoms with E-state index in [1.54, 1.807) is 6.92 Å². The van der Waals surface area contributed by atoms with Gasteiger partial charge in [-0.05, 0) is 48.8 Å². The molecule has 3 rings (SSSR count). The van der Waals surface area contributed by atoms with Crippen LogP contribution in [-0.2, 0) is 28.0 Å². The summed E-state index contributed by atoms with van der Waals surface area (Å²) in [4.78, 5) is 38.2. The van der Waals surface area contributed by atoms with Gasteiger partial charge in [0.15, 0.2) is 0 Å². The van der Waals surface area contributed by atoms with Gasteiger partial charge in [-0.3, -0.25) is 14.5 Å². The van der Waals surface area contributed by atoms with Gasteiger partial charge < -0.3 is 10.6 Å². The Morgan fingerprint density at radius 2 is 2.00 bits per heavy atom. The monoisotopic (exact) mass is 343 g/mol. The van der Waals surface area contributed by atoms with Crippen molar-refractivity contribution in [1.82, 2.24) is 15.5 Å². The lowest BCUT2D eigenvalue weighted by molar-refractivity contribution is -0.134. The number of hydrogen-bond donors (Lipinski definition) is 2. The second kappa shape index (κ2) is 6.50. The summed E-state index contributed by atoms with van der Waals surface area (Å²) in [5.41, 5.74) is 2.21. The molecule has 1 aromatic rings. The Labute approximate surface area is 148 Å². The fraction of sp³-hybridized carbons (Fsp3) is 0.526. The highest BCUT2D eigenvalue weighted by Crippen LogP contribution is 2.32. The molecule has 0 aromatic heterocycles. The van der Waals surface area contributed by atoms with Crippen LogP contribution in [0.25, 0.3) is 0 Å². The summed E-state index contributed by atoms with van der Waals surface area (Å²) < 4.78 is 0. The minimum atomic E-state index is -1.12. The maximum Gasteiger partial charge on any atom is 0.325 e. The molecular formula is C19H25N3O3. The summed E-state index contributed by atoms with van der Waals surface area (Å²) in [5, 5.41) is 5.50. The molecule has 25 heavy (non-hydrogen) atoms. The first-order valence-corrected chi connectivity index (χ1v) is 8.84. The summed E-state index contributed by atoms with van der Waals surface area (Å²) in [6.45, 7) is 5.94. The van der Waals surface area contributed by atoms with E-state index in [2.05, 4.69) is 10.6 Å². The van der Waals surface area contributed by atoms with E-state index < -0.39 is 11.6 Å². The quantitative estimate of drug-likeness (QED) is 0.799. The van der Waals surface area contributed by atoms with E-state index in [9.17, 15) is 14.4 Å². The van der Waals surface area contributed by atoms with Gasteiger partial charge in [0.05, 0.1) is 0 Å². The lowest BCUT2D eigenvalue weighted by Crippen LogP contribution is -2.43. The minimum Gasteiger partial charge on any atom is -0.354 e. The molecule has 1 aromatic carbocycles. The van der Waals surface area contributed by atoms with Crippen molar-refractivity contribution in [3.05, 3.63) is 34.9 Å². The topological polar surface area (TPSA) is 78.5 Å². The number of nitrogens with one attached hydrogen (secondary N) is 2. The molecule has 6 heteroatoms. The summed E-state index contributed by atoms with van der Waals surface area (Å²) >= 11 is 0. The summed E-state index contributed by atoms with van der Waals surface area (Å²) in [7, 11) is 0. The van der Waals surface area contributed by atoms with E-state index >= 15 is 0 Å². The SMILES string of the molecule is CC(C)CNC(=O)CN1C(=O)NC(C)(c2ccc3c(c2)CCC3)C1=O. The zero-order valence-corrected chi connectivity index (χ0v) is 15.0. The van der Waals surface area contributed by atoms with Crippen molar-refractivity contribution < 1.29 is 14.4 Å². The highest BCUT2D eigenvalue weighted by atomic mass is 16.2. The summed E-state index contributed by atoms with van der Waals surface area (Å²) in [6, 6.07) is 5.45. The number of aryl methyl sites for hydroxylation is 2. The normalized spacial score (nSPS) is 22.3. The highest BCUT2D eigenvalue weighted by Gasteiger charge is 2.49. The van der Waals surface area contributed by atoms with E-state index in [0.29, 0.717) is 12.5 Å². The maximum absolute atomic E-state index is 12.9. The Bertz CT molecular complexity index is 729. The lowest BCUT2D eigenvalue weighted by atomic mass is 9.89. The molecule has 1 saturated heterocycles. The Hall–Kier alpha value is -2.37. The van der Waals surface area contributed by atoms with Gasteiger partial charge in [-0.2, -0.15) is 0 Å². The van der Waals surface area contributed by atoms with Crippen molar-refractivity contribution >= 4 is 17.8 Å². The van der Waals surface area contributed by atoms with E-state index in [-0.39, 0.29) is 18.4 Å². The van der Waals surface area contributed by atoms with Gasteiger partial charge in [-0.25, -0.2) is 4.79 Å². The first-order chi connectivity index (χ1) is 11.8. The maximum atomic E-state index is 12.9. The number of carbonyl (C=O) groups excluding carboxylic acids is 3. The van der Waals surface area contributed by atoms with Crippen LogP contribution in [-0.4, -0.2) is 35.8 Å². The van der Waals surface area contributed by atoms with Crippen LogP contribution in [0.4, 0.5) is 4.79 Å². The highest BCUT2D eigenvalue weighted by molar-refractivity contribution is 6.09. The molecule has 4 amide bonds. The van der Waals surface area contributed by atoms with Crippen LogP contribution in [0.1, 0.15) is 43.9 Å². The molecular weight excluding hydrogens is 318 g/mol. The molecule has 2 aliphatic rings. The van der Waals surface area contributed by atoms with Crippen LogP contribution >= 0.6 is 0 Å². The van der Waals surface area contributed by atoms with Crippen LogP contribution in [0.5, 0.6) is 0 Å². The molecule has 1 heterocycles. The summed E-state index contributed by atoms with van der Waals surface area (Å²) in [5.74, 6) is -0.394. The number of urea groups is 1. The van der Waals surface area contributed by atoms with Crippen LogP contribution in [0.3, 0.4) is 0 Å². The number of fused-ring (bicyclic) bond motifs is 1. The molecule has 0 spiro atoms. The molecule has 0 saturated carbocycles. The number of amides is 4. The average Bonchev–Trinajstić information content (AvgIpc) is 3.11. The van der Waals surface area contributed by atoms with E-state index in [1.807, 2.05) is 32.0 Å². The third-order valence-corrected chi connectivity index (χ3v) is 4.96. The van der Waals surface area contributed by atoms with Gasteiger partial charge in [0.2, 0.25) is 5.91 Å². The number of carbonyl (C=O) groups is 3. The molecule has 1 fully saturated rings. The average molecular weight is 343 g/mol. The number of benzene rings is 1. The van der Waals surface area contributed by atoms with Gasteiger partial charge in [-0.15, -0.1) is 0 Å². The molecule has 1 aliphatic carbocycles. The number of nitrogens with zero attached hydrogens (tertiary/aromatic N) is 1. The molecule has 6 nitrogen and oxygen atoms in total. The van der Waals surface area contributed by atoms with E-state index in [4.69, 9.17) is 0 Å². The molecule has 2 N–H and O–H groups in total. The minimum absolute atomic E-state index is 0.252. The van der Waals surface area contributed by atoms with E-state index in [0.717, 1.165) is 29.7 Å². The first kappa shape index (κ1) is 17.5. The van der Waals surface area contributed by atoms with Crippen molar-refractivity contribution in [2.75, 3.05) is 13.1 Å². The number of rotatable bonds is 5. The largest absolute Gasteiger partial charge is 0.354 e. The molecule has 1 atom stereocenters. The first-order valence-electron chi connectivity index (χ1n) is 8.84. The van der Waals surface area contributed by atoms with Crippen LogP contribution < -0.4 is 10.6 Å². The predicted molar refractivity (Wildman–Crippen MR) is 93.9 cm³/mol. The van der Waals surface area contributed by atoms with Crippen molar-refractivity contribution in [2.24, 2.45) is 5.92 Å². The van der Waals surface area contributed by atoms with Crippen LogP contribution in [0.2, 0.25) is 0 Å². The van der Waals surface area contributed by atoms with Gasteiger partial charge in [0.25, 0.3) is 5.91 Å². The Morgan fingerprint density at radius 3 is 2.72 bits per heavy atom. The van der Waals surface area contributed by atoms with Gasteiger partial charge in [-0.1, -0.05) is 32.0 Å². The Kier molecular flexibility index (Phi) is 4.54. The van der Waals surface area contributed by atoms with Crippen molar-refractivity contribution in [1.29, 1.82) is 0 Å². The van der Waals surface area contributed by atoms with Crippen LogP contribution in [0.15, 0.2) is 18.2 Å². The Balaban J connectivity index is 1.77. The van der Waals surface area contributed by atoms with Gasteiger partial charge in [0.1, 0.15) is 12.1 Å².